The summed E-state index contributed by atoms with van der Waals surface area (Å²) in [5.41, 5.74) is 3.93. The molecule has 0 bridgehead atoms. The summed E-state index contributed by atoms with van der Waals surface area (Å²) in [6.07, 6.45) is 5.13. The molecule has 6 rings (SSSR count). The number of phenolic OH excluding ortho intramolecular Hbond substituents is 1. The second kappa shape index (κ2) is 8.93. The highest BCUT2D eigenvalue weighted by molar-refractivity contribution is 6.07. The molecule has 0 radical (unpaired) electrons. The summed E-state index contributed by atoms with van der Waals surface area (Å²) in [6.45, 7) is 0. The summed E-state index contributed by atoms with van der Waals surface area (Å²) in [6, 6.07) is 17.8. The maximum absolute atomic E-state index is 13.1. The number of carbonyl (C=O) groups is 2. The number of phenols is 1. The average Bonchev–Trinajstić information content (AvgIpc) is 3.59. The molecule has 4 aromatic heterocycles. The molecule has 0 aliphatic heterocycles. The second-order valence-corrected chi connectivity index (χ2v) is 9.06. The first-order valence-electron chi connectivity index (χ1n) is 11.8. The Morgan fingerprint density at radius 3 is 2.45 bits per heavy atom. The lowest BCUT2D eigenvalue weighted by atomic mass is 10.1. The van der Waals surface area contributed by atoms with Crippen molar-refractivity contribution in [3.8, 4) is 17.3 Å². The van der Waals surface area contributed by atoms with Crippen molar-refractivity contribution in [2.75, 3.05) is 10.6 Å². The summed E-state index contributed by atoms with van der Waals surface area (Å²) < 4.78 is 3.49. The average molecular weight is 506 g/mol. The van der Waals surface area contributed by atoms with Crippen LogP contribution in [0.2, 0.25) is 0 Å². The van der Waals surface area contributed by atoms with Crippen LogP contribution < -0.4 is 10.6 Å². The molecule has 0 saturated carbocycles. The van der Waals surface area contributed by atoms with Gasteiger partial charge in [0.1, 0.15) is 17.1 Å². The first kappa shape index (κ1) is 23.0. The monoisotopic (exact) mass is 505 g/mol. The van der Waals surface area contributed by atoms with Gasteiger partial charge in [0.15, 0.2) is 5.82 Å². The maximum atomic E-state index is 13.1. The first-order valence-corrected chi connectivity index (χ1v) is 11.8. The summed E-state index contributed by atoms with van der Waals surface area (Å²) in [4.78, 5) is 37.9. The van der Waals surface area contributed by atoms with Crippen LogP contribution in [0, 0.1) is 0 Å². The molecule has 2 amide bonds. The van der Waals surface area contributed by atoms with Crippen LogP contribution in [0.3, 0.4) is 0 Å². The molecule has 0 unspecified atom stereocenters. The number of H-pyrrole nitrogens is 1. The van der Waals surface area contributed by atoms with E-state index in [-0.39, 0.29) is 23.3 Å². The number of aromatic amines is 1. The SMILES string of the molecule is Cn1cc(NC(=O)c2cc3ccccc3cn2)cc1C(=O)Nc1cc(-c2nc3cc(O)ccc3[nH]2)n(C)c1. The number of nitrogens with one attached hydrogen (secondary N) is 3. The van der Waals surface area contributed by atoms with E-state index in [1.165, 1.54) is 0 Å². The highest BCUT2D eigenvalue weighted by Gasteiger charge is 2.17. The van der Waals surface area contributed by atoms with Gasteiger partial charge in [-0.1, -0.05) is 24.3 Å². The van der Waals surface area contributed by atoms with E-state index in [0.717, 1.165) is 22.0 Å². The standard InChI is InChI=1S/C28H23N7O3/c1-34-14-18(10-24(34)26-32-21-8-7-20(36)12-22(21)33-26)31-28(38)25-11-19(15-35(25)2)30-27(37)23-9-16-5-3-4-6-17(16)13-29-23/h3-15,36H,1-2H3,(H,30,37)(H,31,38)(H,32,33). The molecule has 38 heavy (non-hydrogen) atoms. The number of anilines is 2. The number of nitrogens with zero attached hydrogens (tertiary/aromatic N) is 4. The Hall–Kier alpha value is -5.38. The van der Waals surface area contributed by atoms with E-state index in [1.807, 2.05) is 41.9 Å². The lowest BCUT2D eigenvalue weighted by Gasteiger charge is -2.03. The first-order chi connectivity index (χ1) is 18.3. The number of aryl methyl sites for hydroxylation is 2. The Kier molecular flexibility index (Phi) is 5.42. The van der Waals surface area contributed by atoms with Gasteiger partial charge in [0, 0.05) is 44.1 Å². The summed E-state index contributed by atoms with van der Waals surface area (Å²) in [5.74, 6) is 0.0606. The number of pyridine rings is 1. The van der Waals surface area contributed by atoms with E-state index in [4.69, 9.17) is 0 Å². The molecule has 2 aromatic carbocycles. The molecule has 0 fully saturated rings. The quantitative estimate of drug-likeness (QED) is 0.271. The number of imidazole rings is 1. The summed E-state index contributed by atoms with van der Waals surface area (Å²) in [5, 5.41) is 17.3. The predicted octanol–water partition coefficient (Wildman–Crippen LogP) is 4.67. The highest BCUT2D eigenvalue weighted by Crippen LogP contribution is 2.27. The van der Waals surface area contributed by atoms with E-state index >= 15 is 0 Å². The van der Waals surface area contributed by atoms with Crippen LogP contribution in [0.4, 0.5) is 11.4 Å². The van der Waals surface area contributed by atoms with Gasteiger partial charge in [-0.2, -0.15) is 0 Å². The Balaban J connectivity index is 1.18. The molecule has 188 valence electrons. The number of aromatic hydroxyl groups is 1. The Morgan fingerprint density at radius 2 is 1.61 bits per heavy atom. The van der Waals surface area contributed by atoms with Gasteiger partial charge in [-0.15, -0.1) is 0 Å². The minimum absolute atomic E-state index is 0.141. The van der Waals surface area contributed by atoms with Gasteiger partial charge >= 0.3 is 0 Å². The fraction of sp³-hybridized carbons (Fsp3) is 0.0714. The Labute approximate surface area is 216 Å². The lowest BCUT2D eigenvalue weighted by molar-refractivity contribution is 0.101. The number of amides is 2. The van der Waals surface area contributed by atoms with E-state index in [0.29, 0.717) is 28.4 Å². The number of hydrogen-bond acceptors (Lipinski definition) is 5. The Bertz CT molecular complexity index is 1860. The van der Waals surface area contributed by atoms with Gasteiger partial charge in [0.2, 0.25) is 0 Å². The lowest BCUT2D eigenvalue weighted by Crippen LogP contribution is -2.15. The topological polar surface area (TPSA) is 130 Å². The molecule has 4 heterocycles. The number of rotatable bonds is 5. The Morgan fingerprint density at radius 1 is 0.868 bits per heavy atom. The van der Waals surface area contributed by atoms with E-state index in [9.17, 15) is 14.7 Å². The molecule has 0 saturated heterocycles. The van der Waals surface area contributed by atoms with Crippen molar-refractivity contribution in [1.29, 1.82) is 0 Å². The van der Waals surface area contributed by atoms with Gasteiger partial charge in [-0.25, -0.2) is 4.98 Å². The van der Waals surface area contributed by atoms with Crippen molar-refractivity contribution in [2.45, 2.75) is 0 Å². The summed E-state index contributed by atoms with van der Waals surface area (Å²) in [7, 11) is 3.59. The van der Waals surface area contributed by atoms with Crippen molar-refractivity contribution in [3.63, 3.8) is 0 Å². The molecule has 0 spiro atoms. The van der Waals surface area contributed by atoms with Gasteiger partial charge in [0.05, 0.1) is 28.1 Å². The number of fused-ring (bicyclic) bond motifs is 2. The molecule has 10 heteroatoms. The fourth-order valence-corrected chi connectivity index (χ4v) is 4.44. The van der Waals surface area contributed by atoms with Crippen LogP contribution >= 0.6 is 0 Å². The highest BCUT2D eigenvalue weighted by atomic mass is 16.3. The van der Waals surface area contributed by atoms with Gasteiger partial charge in [0.25, 0.3) is 11.8 Å². The minimum Gasteiger partial charge on any atom is -0.508 e. The third-order valence-electron chi connectivity index (χ3n) is 6.33. The third-order valence-corrected chi connectivity index (χ3v) is 6.33. The zero-order valence-electron chi connectivity index (χ0n) is 20.6. The minimum atomic E-state index is -0.361. The normalized spacial score (nSPS) is 11.2. The van der Waals surface area contributed by atoms with Crippen LogP contribution in [-0.2, 0) is 14.1 Å². The van der Waals surface area contributed by atoms with E-state index in [1.54, 1.807) is 60.5 Å². The van der Waals surface area contributed by atoms with Gasteiger partial charge in [-0.05, 0) is 35.7 Å². The van der Waals surface area contributed by atoms with Crippen LogP contribution in [0.1, 0.15) is 21.0 Å². The van der Waals surface area contributed by atoms with Gasteiger partial charge < -0.3 is 29.9 Å². The zero-order chi connectivity index (χ0) is 26.4. The zero-order valence-corrected chi connectivity index (χ0v) is 20.6. The predicted molar refractivity (Wildman–Crippen MR) is 145 cm³/mol. The molecule has 0 aliphatic rings. The van der Waals surface area contributed by atoms with Crippen LogP contribution in [0.5, 0.6) is 5.75 Å². The van der Waals surface area contributed by atoms with Crippen molar-refractivity contribution < 1.29 is 14.7 Å². The number of aromatic nitrogens is 5. The second-order valence-electron chi connectivity index (χ2n) is 9.06. The van der Waals surface area contributed by atoms with E-state index < -0.39 is 0 Å². The van der Waals surface area contributed by atoms with Crippen molar-refractivity contribution >= 4 is 45.0 Å². The largest absolute Gasteiger partial charge is 0.508 e. The van der Waals surface area contributed by atoms with Crippen LogP contribution in [0.15, 0.2) is 79.3 Å². The van der Waals surface area contributed by atoms with Crippen LogP contribution in [-0.4, -0.2) is 41.0 Å². The molecule has 6 aromatic rings. The van der Waals surface area contributed by atoms with E-state index in [2.05, 4.69) is 25.6 Å². The number of benzene rings is 2. The molecule has 0 atom stereocenters. The smallest absolute Gasteiger partial charge is 0.274 e. The number of hydrogen-bond donors (Lipinski definition) is 4. The molecule has 4 N–H and O–H groups in total. The third kappa shape index (κ3) is 4.24. The molecule has 10 nitrogen and oxygen atoms in total. The van der Waals surface area contributed by atoms with Crippen molar-refractivity contribution in [3.05, 3.63) is 90.6 Å². The number of carbonyl (C=O) groups excluding carboxylic acids is 2. The van der Waals surface area contributed by atoms with Crippen LogP contribution in [0.25, 0.3) is 33.3 Å². The summed E-state index contributed by atoms with van der Waals surface area (Å²) >= 11 is 0. The maximum Gasteiger partial charge on any atom is 0.274 e. The molecular weight excluding hydrogens is 482 g/mol. The van der Waals surface area contributed by atoms with Gasteiger partial charge in [-0.3, -0.25) is 14.6 Å². The fourth-order valence-electron chi connectivity index (χ4n) is 4.44. The molecular formula is C28H23N7O3. The molecule has 0 aliphatic carbocycles. The van der Waals surface area contributed by atoms with Crippen molar-refractivity contribution in [1.82, 2.24) is 24.1 Å². The van der Waals surface area contributed by atoms with Crippen molar-refractivity contribution in [2.24, 2.45) is 14.1 Å².